The Kier molecular flexibility index (Phi) is 4.55. The molecule has 2 heterocycles. The standard InChI is InChI=1S/C18H14Cl2N6O/c1-10-15(17(27)22-12-5-3-2-4-6-12)16(26-18(21-10)23-24-25-26)13-8-7-11(19)9-14(13)20/h2-9,15-16H,1H2,(H,22,27)(H,21,23,25). The van der Waals surface area contributed by atoms with Gasteiger partial charge in [0.25, 0.3) is 0 Å². The first-order valence-electron chi connectivity index (χ1n) is 8.09. The van der Waals surface area contributed by atoms with Gasteiger partial charge in [-0.05, 0) is 40.3 Å². The summed E-state index contributed by atoms with van der Waals surface area (Å²) in [4.78, 5) is 13.1. The van der Waals surface area contributed by atoms with Gasteiger partial charge in [0.2, 0.25) is 11.9 Å². The third-order valence-electron chi connectivity index (χ3n) is 4.32. The van der Waals surface area contributed by atoms with E-state index in [2.05, 4.69) is 32.7 Å². The Balaban J connectivity index is 1.78. The monoisotopic (exact) mass is 400 g/mol. The Morgan fingerprint density at radius 3 is 2.70 bits per heavy atom. The second kappa shape index (κ2) is 7.02. The summed E-state index contributed by atoms with van der Waals surface area (Å²) in [6, 6.07) is 13.7. The molecule has 3 aromatic rings. The number of hydrogen-bond donors (Lipinski definition) is 2. The number of nitrogens with zero attached hydrogens (tertiary/aromatic N) is 4. The third kappa shape index (κ3) is 3.27. The van der Waals surface area contributed by atoms with Crippen molar-refractivity contribution < 1.29 is 4.79 Å². The van der Waals surface area contributed by atoms with E-state index in [0.717, 1.165) is 0 Å². The highest BCUT2D eigenvalue weighted by Crippen LogP contribution is 2.40. The molecule has 1 aliphatic heterocycles. The topological polar surface area (TPSA) is 84.7 Å². The van der Waals surface area contributed by atoms with Crippen molar-refractivity contribution in [3.05, 3.63) is 76.4 Å². The van der Waals surface area contributed by atoms with Crippen LogP contribution in [0.15, 0.2) is 60.8 Å². The minimum Gasteiger partial charge on any atom is -0.326 e. The van der Waals surface area contributed by atoms with Crippen LogP contribution in [0.5, 0.6) is 0 Å². The van der Waals surface area contributed by atoms with Gasteiger partial charge < -0.3 is 10.6 Å². The highest BCUT2D eigenvalue weighted by molar-refractivity contribution is 6.35. The van der Waals surface area contributed by atoms with Crippen LogP contribution in [0, 0.1) is 5.92 Å². The van der Waals surface area contributed by atoms with Crippen LogP contribution >= 0.6 is 23.2 Å². The first-order chi connectivity index (χ1) is 13.0. The number of rotatable bonds is 3. The number of amides is 1. The third-order valence-corrected chi connectivity index (χ3v) is 4.89. The molecule has 1 aromatic heterocycles. The number of benzene rings is 2. The molecule has 2 aromatic carbocycles. The molecule has 2 atom stereocenters. The average molecular weight is 401 g/mol. The van der Waals surface area contributed by atoms with Crippen molar-refractivity contribution >= 4 is 40.7 Å². The molecule has 0 fully saturated rings. The van der Waals surface area contributed by atoms with Crippen molar-refractivity contribution in [1.82, 2.24) is 20.2 Å². The van der Waals surface area contributed by atoms with E-state index in [-0.39, 0.29) is 5.91 Å². The lowest BCUT2D eigenvalue weighted by Gasteiger charge is -2.33. The number of hydrogen-bond acceptors (Lipinski definition) is 5. The number of halogens is 2. The van der Waals surface area contributed by atoms with Gasteiger partial charge in [-0.3, -0.25) is 4.79 Å². The summed E-state index contributed by atoms with van der Waals surface area (Å²) in [7, 11) is 0. The van der Waals surface area contributed by atoms with Crippen molar-refractivity contribution in [1.29, 1.82) is 0 Å². The summed E-state index contributed by atoms with van der Waals surface area (Å²) in [6.07, 6.45) is 0. The van der Waals surface area contributed by atoms with Crippen LogP contribution in [0.1, 0.15) is 11.6 Å². The summed E-state index contributed by atoms with van der Waals surface area (Å²) in [6.45, 7) is 4.01. The Morgan fingerprint density at radius 1 is 1.19 bits per heavy atom. The lowest BCUT2D eigenvalue weighted by atomic mass is 9.88. The zero-order valence-corrected chi connectivity index (χ0v) is 15.4. The van der Waals surface area contributed by atoms with Gasteiger partial charge in [0.1, 0.15) is 12.0 Å². The van der Waals surface area contributed by atoms with Gasteiger partial charge in [-0.1, -0.05) is 59.1 Å². The van der Waals surface area contributed by atoms with Crippen LogP contribution in [0.3, 0.4) is 0 Å². The molecular formula is C18H14Cl2N6O. The number of anilines is 2. The SMILES string of the molecule is C=C1Nc2nnnn2C(c2ccc(Cl)cc2Cl)C1C(=O)Nc1ccccc1. The van der Waals surface area contributed by atoms with Crippen molar-refractivity contribution in [3.63, 3.8) is 0 Å². The van der Waals surface area contributed by atoms with E-state index in [1.165, 1.54) is 4.68 Å². The molecule has 7 nitrogen and oxygen atoms in total. The van der Waals surface area contributed by atoms with E-state index in [0.29, 0.717) is 32.9 Å². The quantitative estimate of drug-likeness (QED) is 0.698. The van der Waals surface area contributed by atoms with Gasteiger partial charge in [-0.15, -0.1) is 0 Å². The number of para-hydroxylation sites is 1. The average Bonchev–Trinajstić information content (AvgIpc) is 3.09. The lowest BCUT2D eigenvalue weighted by molar-refractivity contribution is -0.119. The molecule has 9 heteroatoms. The molecule has 2 N–H and O–H groups in total. The molecule has 136 valence electrons. The van der Waals surface area contributed by atoms with E-state index >= 15 is 0 Å². The Hall–Kier alpha value is -2.90. The summed E-state index contributed by atoms with van der Waals surface area (Å²) >= 11 is 12.5. The van der Waals surface area contributed by atoms with Crippen LogP contribution in [-0.2, 0) is 4.79 Å². The summed E-state index contributed by atoms with van der Waals surface area (Å²) < 4.78 is 1.53. The van der Waals surface area contributed by atoms with Crippen molar-refractivity contribution in [2.45, 2.75) is 6.04 Å². The molecule has 0 saturated heterocycles. The van der Waals surface area contributed by atoms with Crippen molar-refractivity contribution in [2.75, 3.05) is 10.6 Å². The van der Waals surface area contributed by atoms with Crippen LogP contribution in [0.25, 0.3) is 0 Å². The molecule has 0 bridgehead atoms. The lowest BCUT2D eigenvalue weighted by Crippen LogP contribution is -2.39. The number of carbonyl (C=O) groups excluding carboxylic acids is 1. The highest BCUT2D eigenvalue weighted by atomic mass is 35.5. The fraction of sp³-hybridized carbons (Fsp3) is 0.111. The predicted molar refractivity (Wildman–Crippen MR) is 104 cm³/mol. The smallest absolute Gasteiger partial charge is 0.247 e. The maximum atomic E-state index is 13.1. The number of aromatic nitrogens is 4. The minimum atomic E-state index is -0.695. The summed E-state index contributed by atoms with van der Waals surface area (Å²) in [5.74, 6) is -0.560. The molecule has 1 amide bonds. The Labute approximate surface area is 165 Å². The van der Waals surface area contributed by atoms with Gasteiger partial charge in [-0.25, -0.2) is 4.68 Å². The fourth-order valence-corrected chi connectivity index (χ4v) is 3.63. The maximum Gasteiger partial charge on any atom is 0.247 e. The van der Waals surface area contributed by atoms with E-state index in [1.54, 1.807) is 18.2 Å². The van der Waals surface area contributed by atoms with Gasteiger partial charge >= 0.3 is 0 Å². The van der Waals surface area contributed by atoms with E-state index in [1.807, 2.05) is 30.3 Å². The molecule has 27 heavy (non-hydrogen) atoms. The summed E-state index contributed by atoms with van der Waals surface area (Å²) in [5.41, 5.74) is 1.82. The Morgan fingerprint density at radius 2 is 1.96 bits per heavy atom. The second-order valence-corrected chi connectivity index (χ2v) is 6.88. The predicted octanol–water partition coefficient (Wildman–Crippen LogP) is 3.76. The van der Waals surface area contributed by atoms with Gasteiger partial charge in [0, 0.05) is 21.4 Å². The molecule has 0 aliphatic carbocycles. The minimum absolute atomic E-state index is 0.254. The molecule has 0 saturated carbocycles. The fourth-order valence-electron chi connectivity index (χ4n) is 3.11. The number of carbonyl (C=O) groups is 1. The van der Waals surface area contributed by atoms with Crippen LogP contribution in [0.4, 0.5) is 11.6 Å². The number of fused-ring (bicyclic) bond motifs is 1. The molecule has 0 spiro atoms. The van der Waals surface area contributed by atoms with Crippen LogP contribution in [0.2, 0.25) is 10.0 Å². The molecule has 1 aliphatic rings. The zero-order valence-electron chi connectivity index (χ0n) is 13.9. The van der Waals surface area contributed by atoms with Crippen molar-refractivity contribution in [2.24, 2.45) is 5.92 Å². The van der Waals surface area contributed by atoms with Crippen LogP contribution < -0.4 is 10.6 Å². The number of nitrogens with one attached hydrogen (secondary N) is 2. The van der Waals surface area contributed by atoms with Gasteiger partial charge in [0.15, 0.2) is 0 Å². The first kappa shape index (κ1) is 17.5. The van der Waals surface area contributed by atoms with Gasteiger partial charge in [0.05, 0.1) is 0 Å². The molecule has 4 rings (SSSR count). The summed E-state index contributed by atoms with van der Waals surface area (Å²) in [5, 5.41) is 18.5. The molecule has 2 unspecified atom stereocenters. The second-order valence-electron chi connectivity index (χ2n) is 6.04. The highest BCUT2D eigenvalue weighted by Gasteiger charge is 2.41. The maximum absolute atomic E-state index is 13.1. The molecular weight excluding hydrogens is 387 g/mol. The normalized spacial score (nSPS) is 18.5. The largest absolute Gasteiger partial charge is 0.326 e. The molecule has 0 radical (unpaired) electrons. The van der Waals surface area contributed by atoms with E-state index < -0.39 is 12.0 Å². The van der Waals surface area contributed by atoms with E-state index in [4.69, 9.17) is 23.2 Å². The van der Waals surface area contributed by atoms with Gasteiger partial charge in [-0.2, -0.15) is 0 Å². The number of tetrazole rings is 1. The van der Waals surface area contributed by atoms with E-state index in [9.17, 15) is 4.79 Å². The van der Waals surface area contributed by atoms with Crippen LogP contribution in [-0.4, -0.2) is 26.1 Å². The zero-order chi connectivity index (χ0) is 19.0. The van der Waals surface area contributed by atoms with Crippen molar-refractivity contribution in [3.8, 4) is 0 Å². The first-order valence-corrected chi connectivity index (χ1v) is 8.85. The Bertz CT molecular complexity index is 1020.